The summed E-state index contributed by atoms with van der Waals surface area (Å²) in [6.45, 7) is 9.19. The minimum Gasteiger partial charge on any atom is -0.492 e. The summed E-state index contributed by atoms with van der Waals surface area (Å²) in [5.41, 5.74) is 1.17. The Bertz CT molecular complexity index is 339. The minimum atomic E-state index is 0.686. The van der Waals surface area contributed by atoms with E-state index in [-0.39, 0.29) is 0 Å². The van der Waals surface area contributed by atoms with Crippen molar-refractivity contribution >= 4 is 11.6 Å². The maximum atomic E-state index is 6.04. The summed E-state index contributed by atoms with van der Waals surface area (Å²) in [5, 5.41) is 4.07. The highest BCUT2D eigenvalue weighted by molar-refractivity contribution is 6.32. The monoisotopic (exact) mass is 255 g/mol. The van der Waals surface area contributed by atoms with Crippen LogP contribution in [0.4, 0.5) is 0 Å². The van der Waals surface area contributed by atoms with E-state index in [9.17, 15) is 0 Å². The molecule has 0 aromatic heterocycles. The van der Waals surface area contributed by atoms with Gasteiger partial charge in [-0.05, 0) is 50.0 Å². The van der Waals surface area contributed by atoms with Crippen molar-refractivity contribution in [3.05, 3.63) is 28.8 Å². The molecule has 1 rings (SSSR count). The van der Waals surface area contributed by atoms with Crippen LogP contribution >= 0.6 is 11.6 Å². The number of benzene rings is 1. The number of halogens is 1. The molecule has 0 aliphatic carbocycles. The van der Waals surface area contributed by atoms with Crippen LogP contribution < -0.4 is 10.1 Å². The van der Waals surface area contributed by atoms with Gasteiger partial charge in [-0.1, -0.05) is 31.5 Å². The highest BCUT2D eigenvalue weighted by atomic mass is 35.5. The Morgan fingerprint density at radius 2 is 2.12 bits per heavy atom. The van der Waals surface area contributed by atoms with Gasteiger partial charge in [-0.2, -0.15) is 0 Å². The van der Waals surface area contributed by atoms with Crippen molar-refractivity contribution in [2.75, 3.05) is 19.7 Å². The van der Waals surface area contributed by atoms with Crippen LogP contribution in [-0.4, -0.2) is 19.7 Å². The average molecular weight is 256 g/mol. The molecule has 3 heteroatoms. The van der Waals surface area contributed by atoms with Crippen molar-refractivity contribution in [3.8, 4) is 5.75 Å². The van der Waals surface area contributed by atoms with Crippen LogP contribution in [0.3, 0.4) is 0 Å². The van der Waals surface area contributed by atoms with E-state index in [1.54, 1.807) is 0 Å². The van der Waals surface area contributed by atoms with Crippen LogP contribution in [0, 0.1) is 12.8 Å². The van der Waals surface area contributed by atoms with E-state index in [0.717, 1.165) is 25.3 Å². The molecule has 2 nitrogen and oxygen atoms in total. The summed E-state index contributed by atoms with van der Waals surface area (Å²) in [6, 6.07) is 5.84. The highest BCUT2D eigenvalue weighted by Gasteiger charge is 2.01. The van der Waals surface area contributed by atoms with Crippen LogP contribution in [0.15, 0.2) is 18.2 Å². The Morgan fingerprint density at radius 3 is 2.82 bits per heavy atom. The third-order valence-corrected chi connectivity index (χ3v) is 2.71. The first kappa shape index (κ1) is 14.3. The zero-order valence-electron chi connectivity index (χ0n) is 10.9. The zero-order valence-corrected chi connectivity index (χ0v) is 11.7. The van der Waals surface area contributed by atoms with Crippen molar-refractivity contribution in [3.63, 3.8) is 0 Å². The average Bonchev–Trinajstić information content (AvgIpc) is 2.27. The van der Waals surface area contributed by atoms with Gasteiger partial charge >= 0.3 is 0 Å². The second-order valence-corrected chi connectivity index (χ2v) is 5.14. The second kappa shape index (κ2) is 7.57. The molecule has 0 atom stereocenters. The molecule has 0 unspecified atom stereocenters. The van der Waals surface area contributed by atoms with Gasteiger partial charge in [0.25, 0.3) is 0 Å². The predicted molar refractivity (Wildman–Crippen MR) is 74.0 cm³/mol. The lowest BCUT2D eigenvalue weighted by molar-refractivity contribution is 0.307. The SMILES string of the molecule is Cc1ccc(Cl)c(OCCCNCC(C)C)c1. The second-order valence-electron chi connectivity index (χ2n) is 4.73. The molecule has 0 fully saturated rings. The van der Waals surface area contributed by atoms with Gasteiger partial charge in [0.2, 0.25) is 0 Å². The number of ether oxygens (including phenoxy) is 1. The molecule has 0 aliphatic rings. The topological polar surface area (TPSA) is 21.3 Å². The van der Waals surface area contributed by atoms with E-state index in [4.69, 9.17) is 16.3 Å². The Morgan fingerprint density at radius 1 is 1.35 bits per heavy atom. The van der Waals surface area contributed by atoms with Gasteiger partial charge in [-0.3, -0.25) is 0 Å². The molecular weight excluding hydrogens is 234 g/mol. The van der Waals surface area contributed by atoms with Crippen molar-refractivity contribution in [1.29, 1.82) is 0 Å². The first-order valence-corrected chi connectivity index (χ1v) is 6.57. The minimum absolute atomic E-state index is 0.686. The molecule has 0 saturated heterocycles. The van der Waals surface area contributed by atoms with Crippen LogP contribution in [0.5, 0.6) is 5.75 Å². The van der Waals surface area contributed by atoms with Gasteiger partial charge in [0.1, 0.15) is 5.75 Å². The Balaban J connectivity index is 2.20. The van der Waals surface area contributed by atoms with Crippen LogP contribution in [0.1, 0.15) is 25.8 Å². The molecule has 1 N–H and O–H groups in total. The molecule has 0 amide bonds. The lowest BCUT2D eigenvalue weighted by Crippen LogP contribution is -2.22. The first-order valence-electron chi connectivity index (χ1n) is 6.19. The molecule has 0 spiro atoms. The largest absolute Gasteiger partial charge is 0.492 e. The van der Waals surface area contributed by atoms with Crippen LogP contribution in [0.2, 0.25) is 5.02 Å². The van der Waals surface area contributed by atoms with E-state index in [1.165, 1.54) is 5.56 Å². The molecule has 0 aliphatic heterocycles. The summed E-state index contributed by atoms with van der Waals surface area (Å²) >= 11 is 6.04. The number of hydrogen-bond donors (Lipinski definition) is 1. The van der Waals surface area contributed by atoms with Gasteiger partial charge in [0, 0.05) is 0 Å². The van der Waals surface area contributed by atoms with Gasteiger partial charge in [0.15, 0.2) is 0 Å². The molecule has 0 radical (unpaired) electrons. The fourth-order valence-electron chi connectivity index (χ4n) is 1.49. The fourth-order valence-corrected chi connectivity index (χ4v) is 1.66. The van der Waals surface area contributed by atoms with Crippen molar-refractivity contribution < 1.29 is 4.74 Å². The van der Waals surface area contributed by atoms with Crippen molar-refractivity contribution in [1.82, 2.24) is 5.32 Å². The van der Waals surface area contributed by atoms with E-state index < -0.39 is 0 Å². The Labute approximate surface area is 109 Å². The lowest BCUT2D eigenvalue weighted by atomic mass is 10.2. The summed E-state index contributed by atoms with van der Waals surface area (Å²) in [5.74, 6) is 1.48. The molecule has 1 aromatic carbocycles. The van der Waals surface area contributed by atoms with Crippen LogP contribution in [0.25, 0.3) is 0 Å². The molecule has 17 heavy (non-hydrogen) atoms. The lowest BCUT2D eigenvalue weighted by Gasteiger charge is -2.10. The number of hydrogen-bond acceptors (Lipinski definition) is 2. The third-order valence-electron chi connectivity index (χ3n) is 2.39. The van der Waals surface area contributed by atoms with Crippen LogP contribution in [-0.2, 0) is 0 Å². The first-order chi connectivity index (χ1) is 8.09. The maximum absolute atomic E-state index is 6.04. The number of rotatable bonds is 7. The Kier molecular flexibility index (Phi) is 6.38. The van der Waals surface area contributed by atoms with Crippen molar-refractivity contribution in [2.24, 2.45) is 5.92 Å². The summed E-state index contributed by atoms with van der Waals surface area (Å²) in [7, 11) is 0. The Hall–Kier alpha value is -0.730. The smallest absolute Gasteiger partial charge is 0.138 e. The molecule has 96 valence electrons. The van der Waals surface area contributed by atoms with Gasteiger partial charge < -0.3 is 10.1 Å². The quantitative estimate of drug-likeness (QED) is 0.751. The van der Waals surface area contributed by atoms with Gasteiger partial charge in [-0.15, -0.1) is 0 Å². The normalized spacial score (nSPS) is 10.9. The maximum Gasteiger partial charge on any atom is 0.138 e. The summed E-state index contributed by atoms with van der Waals surface area (Å²) in [4.78, 5) is 0. The molecule has 0 heterocycles. The van der Waals surface area contributed by atoms with Crippen molar-refractivity contribution in [2.45, 2.75) is 27.2 Å². The van der Waals surface area contributed by atoms with E-state index in [0.29, 0.717) is 17.5 Å². The van der Waals surface area contributed by atoms with E-state index in [2.05, 4.69) is 19.2 Å². The zero-order chi connectivity index (χ0) is 12.7. The number of nitrogens with one attached hydrogen (secondary N) is 1. The van der Waals surface area contributed by atoms with E-state index >= 15 is 0 Å². The summed E-state index contributed by atoms with van der Waals surface area (Å²) in [6.07, 6.45) is 0.997. The number of aryl methyl sites for hydroxylation is 1. The van der Waals surface area contributed by atoms with E-state index in [1.807, 2.05) is 25.1 Å². The highest BCUT2D eigenvalue weighted by Crippen LogP contribution is 2.25. The molecule has 1 aromatic rings. The third kappa shape index (κ3) is 5.94. The van der Waals surface area contributed by atoms with Gasteiger partial charge in [0.05, 0.1) is 11.6 Å². The molecule has 0 bridgehead atoms. The molecular formula is C14H22ClNO. The standard InChI is InChI=1S/C14H22ClNO/c1-11(2)10-16-7-4-8-17-14-9-12(3)5-6-13(14)15/h5-6,9,11,16H,4,7-8,10H2,1-3H3. The fraction of sp³-hybridized carbons (Fsp3) is 0.571. The predicted octanol–water partition coefficient (Wildman–Crippen LogP) is 3.66. The van der Waals surface area contributed by atoms with Gasteiger partial charge in [-0.25, -0.2) is 0 Å². The summed E-state index contributed by atoms with van der Waals surface area (Å²) < 4.78 is 5.65. The molecule has 0 saturated carbocycles.